The van der Waals surface area contributed by atoms with Crippen LogP contribution in [0.25, 0.3) is 17.0 Å². The Bertz CT molecular complexity index is 1390. The van der Waals surface area contributed by atoms with Crippen molar-refractivity contribution in [3.05, 3.63) is 70.5 Å². The van der Waals surface area contributed by atoms with E-state index in [9.17, 15) is 12.8 Å². The van der Waals surface area contributed by atoms with Crippen LogP contribution >= 0.6 is 11.6 Å². The topological polar surface area (TPSA) is 98.5 Å². The maximum absolute atomic E-state index is 13.2. The number of ether oxygens (including phenoxy) is 1. The van der Waals surface area contributed by atoms with Crippen molar-refractivity contribution in [1.82, 2.24) is 24.5 Å². The van der Waals surface area contributed by atoms with Gasteiger partial charge in [0.15, 0.2) is 11.5 Å². The largest absolute Gasteiger partial charge is 0.475 e. The number of aromatic nitrogens is 4. The van der Waals surface area contributed by atoms with Gasteiger partial charge in [0.25, 0.3) is 0 Å². The highest BCUT2D eigenvalue weighted by atomic mass is 35.5. The van der Waals surface area contributed by atoms with Crippen LogP contribution < -0.4 is 9.46 Å². The van der Waals surface area contributed by atoms with Crippen LogP contribution in [0.1, 0.15) is 11.1 Å². The number of hydrogen-bond acceptors (Lipinski definition) is 6. The lowest BCUT2D eigenvalue weighted by Crippen LogP contribution is -2.29. The molecule has 0 aliphatic heterocycles. The van der Waals surface area contributed by atoms with Gasteiger partial charge in [0.1, 0.15) is 12.4 Å². The Morgan fingerprint density at radius 2 is 1.81 bits per heavy atom. The summed E-state index contributed by atoms with van der Waals surface area (Å²) >= 11 is 6.05. The van der Waals surface area contributed by atoms with E-state index in [0.29, 0.717) is 33.2 Å². The lowest BCUT2D eigenvalue weighted by atomic mass is 10.2. The van der Waals surface area contributed by atoms with E-state index in [0.717, 1.165) is 0 Å². The van der Waals surface area contributed by atoms with Crippen molar-refractivity contribution in [1.29, 1.82) is 0 Å². The molecular formula is C21H19ClFN5O3S. The smallest absolute Gasteiger partial charge is 0.240 e. The zero-order chi connectivity index (χ0) is 22.9. The van der Waals surface area contributed by atoms with Crippen LogP contribution in [0.3, 0.4) is 0 Å². The fourth-order valence-electron chi connectivity index (χ4n) is 3.08. The molecule has 2 aromatic carbocycles. The molecule has 4 aromatic rings. The summed E-state index contributed by atoms with van der Waals surface area (Å²) in [6.45, 7) is 3.53. The molecule has 2 aromatic heterocycles. The van der Waals surface area contributed by atoms with E-state index < -0.39 is 10.0 Å². The van der Waals surface area contributed by atoms with Gasteiger partial charge in [0.2, 0.25) is 15.9 Å². The van der Waals surface area contributed by atoms with Gasteiger partial charge in [-0.05, 0) is 67.4 Å². The van der Waals surface area contributed by atoms with Gasteiger partial charge in [-0.25, -0.2) is 17.5 Å². The van der Waals surface area contributed by atoms with Crippen LogP contribution in [0, 0.1) is 19.7 Å². The van der Waals surface area contributed by atoms with Gasteiger partial charge in [-0.1, -0.05) is 11.6 Å². The van der Waals surface area contributed by atoms with Crippen LogP contribution in [-0.4, -0.2) is 41.4 Å². The lowest BCUT2D eigenvalue weighted by molar-refractivity contribution is 0.306. The minimum Gasteiger partial charge on any atom is -0.475 e. The number of hydrogen-bond donors (Lipinski definition) is 1. The molecule has 0 aliphatic rings. The molecule has 11 heteroatoms. The Morgan fingerprint density at radius 3 is 2.56 bits per heavy atom. The molecule has 1 N–H and O–H groups in total. The second kappa shape index (κ2) is 8.81. The number of benzene rings is 2. The van der Waals surface area contributed by atoms with Crippen LogP contribution in [-0.2, 0) is 10.0 Å². The second-order valence-corrected chi connectivity index (χ2v) is 9.23. The minimum absolute atomic E-state index is 0.0379. The normalized spacial score (nSPS) is 11.8. The molecule has 0 radical (unpaired) electrons. The highest BCUT2D eigenvalue weighted by Gasteiger charge is 2.18. The average Bonchev–Trinajstić information content (AvgIpc) is 3.17. The number of aryl methyl sites for hydroxylation is 2. The summed E-state index contributed by atoms with van der Waals surface area (Å²) in [6.07, 6.45) is 0. The molecule has 0 bridgehead atoms. The molecule has 0 saturated heterocycles. The third-order valence-corrected chi connectivity index (χ3v) is 6.74. The fraction of sp³-hybridized carbons (Fsp3) is 0.190. The highest BCUT2D eigenvalue weighted by molar-refractivity contribution is 7.89. The molecule has 0 unspecified atom stereocenters. The summed E-state index contributed by atoms with van der Waals surface area (Å²) in [5.74, 6) is 0.337. The molecule has 4 rings (SSSR count). The standard InChI is InChI=1S/C21H19ClFN5O3S/c1-13-12-18(14(2)11-17(13)22)32(29,30)24-9-10-31-20-8-7-19-25-26-21(28(19)27-20)15-3-5-16(23)6-4-15/h3-8,11-12,24H,9-10H2,1-2H3. The van der Waals surface area contributed by atoms with Crippen molar-refractivity contribution in [2.24, 2.45) is 0 Å². The first kappa shape index (κ1) is 22.1. The first-order chi connectivity index (χ1) is 15.2. The highest BCUT2D eigenvalue weighted by Crippen LogP contribution is 2.24. The number of nitrogens with one attached hydrogen (secondary N) is 1. The summed E-state index contributed by atoms with van der Waals surface area (Å²) < 4.78 is 48.0. The van der Waals surface area contributed by atoms with Crippen LogP contribution in [0.5, 0.6) is 5.88 Å². The maximum atomic E-state index is 13.2. The molecule has 8 nitrogen and oxygen atoms in total. The van der Waals surface area contributed by atoms with E-state index in [4.69, 9.17) is 16.3 Å². The van der Waals surface area contributed by atoms with Gasteiger partial charge in [-0.3, -0.25) is 0 Å². The van der Waals surface area contributed by atoms with Crippen molar-refractivity contribution < 1.29 is 17.5 Å². The zero-order valence-corrected chi connectivity index (χ0v) is 18.8. The molecule has 166 valence electrons. The zero-order valence-electron chi connectivity index (χ0n) is 17.2. The number of halogens is 2. The molecule has 0 aliphatic carbocycles. The van der Waals surface area contributed by atoms with Crippen LogP contribution in [0.15, 0.2) is 53.4 Å². The molecule has 0 fully saturated rings. The van der Waals surface area contributed by atoms with Gasteiger partial charge in [0.05, 0.1) is 4.90 Å². The van der Waals surface area contributed by atoms with E-state index in [2.05, 4.69) is 20.0 Å². The van der Waals surface area contributed by atoms with E-state index in [1.165, 1.54) is 16.6 Å². The monoisotopic (exact) mass is 475 g/mol. The minimum atomic E-state index is -3.72. The third kappa shape index (κ3) is 4.57. The van der Waals surface area contributed by atoms with Crippen molar-refractivity contribution in [2.75, 3.05) is 13.2 Å². The second-order valence-electron chi connectivity index (χ2n) is 7.09. The maximum Gasteiger partial charge on any atom is 0.240 e. The summed E-state index contributed by atoms with van der Waals surface area (Å²) in [7, 11) is -3.72. The van der Waals surface area contributed by atoms with Gasteiger partial charge in [-0.15, -0.1) is 15.3 Å². The predicted octanol–water partition coefficient (Wildman–Crippen LogP) is 3.56. The van der Waals surface area contributed by atoms with Crippen molar-refractivity contribution >= 4 is 27.3 Å². The predicted molar refractivity (Wildman–Crippen MR) is 118 cm³/mol. The molecule has 32 heavy (non-hydrogen) atoms. The van der Waals surface area contributed by atoms with Gasteiger partial charge >= 0.3 is 0 Å². The number of sulfonamides is 1. The SMILES string of the molecule is Cc1cc(S(=O)(=O)NCCOc2ccc3nnc(-c4ccc(F)cc4)n3n2)c(C)cc1Cl. The van der Waals surface area contributed by atoms with Gasteiger partial charge in [0, 0.05) is 23.2 Å². The van der Waals surface area contributed by atoms with Crippen molar-refractivity contribution in [2.45, 2.75) is 18.7 Å². The number of fused-ring (bicyclic) bond motifs is 1. The Labute approximate surface area is 189 Å². The number of nitrogens with zero attached hydrogens (tertiary/aromatic N) is 4. The van der Waals surface area contributed by atoms with E-state index >= 15 is 0 Å². The lowest BCUT2D eigenvalue weighted by Gasteiger charge is -2.11. The Morgan fingerprint density at radius 1 is 1.06 bits per heavy atom. The first-order valence-electron chi connectivity index (χ1n) is 9.62. The average molecular weight is 476 g/mol. The molecular weight excluding hydrogens is 457 g/mol. The Hall–Kier alpha value is -3.08. The quantitative estimate of drug-likeness (QED) is 0.410. The van der Waals surface area contributed by atoms with E-state index in [1.54, 1.807) is 50.2 Å². The van der Waals surface area contributed by atoms with Crippen LogP contribution in [0.2, 0.25) is 5.02 Å². The molecule has 0 spiro atoms. The fourth-order valence-corrected chi connectivity index (χ4v) is 4.62. The Balaban J connectivity index is 1.44. The molecule has 0 atom stereocenters. The first-order valence-corrected chi connectivity index (χ1v) is 11.5. The third-order valence-electron chi connectivity index (χ3n) is 4.73. The van der Waals surface area contributed by atoms with Gasteiger partial charge in [-0.2, -0.15) is 4.52 Å². The van der Waals surface area contributed by atoms with E-state index in [-0.39, 0.29) is 29.7 Å². The van der Waals surface area contributed by atoms with E-state index in [1.807, 2.05) is 0 Å². The summed E-state index contributed by atoms with van der Waals surface area (Å²) in [5.41, 5.74) is 2.37. The summed E-state index contributed by atoms with van der Waals surface area (Å²) in [6, 6.07) is 12.3. The van der Waals surface area contributed by atoms with Crippen LogP contribution in [0.4, 0.5) is 4.39 Å². The Kier molecular flexibility index (Phi) is 6.09. The summed E-state index contributed by atoms with van der Waals surface area (Å²) in [4.78, 5) is 0.173. The molecule has 0 saturated carbocycles. The van der Waals surface area contributed by atoms with Crippen molar-refractivity contribution in [3.8, 4) is 17.3 Å². The van der Waals surface area contributed by atoms with Crippen molar-refractivity contribution in [3.63, 3.8) is 0 Å². The van der Waals surface area contributed by atoms with Gasteiger partial charge < -0.3 is 4.74 Å². The number of rotatable bonds is 7. The molecule has 0 amide bonds. The summed E-state index contributed by atoms with van der Waals surface area (Å²) in [5, 5.41) is 13.0. The molecule has 2 heterocycles.